The van der Waals surface area contributed by atoms with Crippen LogP contribution in [0, 0.1) is 50.1 Å². The smallest absolute Gasteiger partial charge is 0.492 e. The van der Waals surface area contributed by atoms with Crippen LogP contribution in [-0.2, 0) is 0 Å². The zero-order valence-electron chi connectivity index (χ0n) is 39.6. The van der Waals surface area contributed by atoms with Crippen molar-refractivity contribution in [2.75, 3.05) is 28.4 Å². The Morgan fingerprint density at radius 3 is 1.20 bits per heavy atom. The molecule has 0 aliphatic rings. The quantitative estimate of drug-likeness (QED) is 0.0641. The molecule has 398 valence electrons. The van der Waals surface area contributed by atoms with E-state index < -0.39 is 55.0 Å². The van der Waals surface area contributed by atoms with Gasteiger partial charge in [-0.1, -0.05) is 46.4 Å². The van der Waals surface area contributed by atoms with Crippen LogP contribution in [0.15, 0.2) is 138 Å². The average Bonchev–Trinajstić information content (AvgIpc) is 3.34. The molecule has 0 amide bonds. The highest BCUT2D eigenvalue weighted by Gasteiger charge is 2.21. The molecule has 8 aromatic rings. The lowest BCUT2D eigenvalue weighted by Gasteiger charge is -2.12. The third-order valence-electron chi connectivity index (χ3n) is 9.84. The van der Waals surface area contributed by atoms with Crippen molar-refractivity contribution in [3.05, 3.63) is 208 Å². The Morgan fingerprint density at radius 1 is 0.408 bits per heavy atom. The van der Waals surface area contributed by atoms with E-state index in [9.17, 15) is 35.1 Å². The molecule has 8 nitrogen and oxygen atoms in total. The molecule has 0 bridgehead atoms. The summed E-state index contributed by atoms with van der Waals surface area (Å²) in [5, 5.41) is 36.2. The lowest BCUT2D eigenvalue weighted by molar-refractivity contribution is 0.402. The highest BCUT2D eigenvalue weighted by molar-refractivity contribution is 14.1. The van der Waals surface area contributed by atoms with Gasteiger partial charge in [0.2, 0.25) is 0 Å². The predicted molar refractivity (Wildman–Crippen MR) is 294 cm³/mol. The summed E-state index contributed by atoms with van der Waals surface area (Å²) in [4.78, 5) is 0. The highest BCUT2D eigenvalue weighted by Crippen LogP contribution is 2.34. The first-order chi connectivity index (χ1) is 35.9. The van der Waals surface area contributed by atoms with E-state index in [0.29, 0.717) is 36.4 Å². The number of rotatable bonds is 9. The lowest BCUT2D eigenvalue weighted by Crippen LogP contribution is -2.31. The van der Waals surface area contributed by atoms with Gasteiger partial charge in [-0.25, -0.2) is 35.1 Å². The van der Waals surface area contributed by atoms with Crippen LogP contribution in [0.25, 0.3) is 33.4 Å². The van der Waals surface area contributed by atoms with Gasteiger partial charge < -0.3 is 39.0 Å². The van der Waals surface area contributed by atoms with E-state index >= 15 is 0 Å². The number of methoxy groups -OCH3 is 4. The molecule has 8 rings (SSSR count). The van der Waals surface area contributed by atoms with Crippen molar-refractivity contribution in [2.45, 2.75) is 0 Å². The second-order valence-electron chi connectivity index (χ2n) is 15.1. The fraction of sp³-hybridized carbons (Fsp3) is 0.0769. The Balaban J connectivity index is 0.000000210. The number of ether oxygens (including phenoxy) is 4. The van der Waals surface area contributed by atoms with E-state index in [1.807, 2.05) is 22.6 Å². The van der Waals surface area contributed by atoms with Gasteiger partial charge in [0.05, 0.1) is 36.5 Å². The van der Waals surface area contributed by atoms with Gasteiger partial charge in [0.25, 0.3) is 0 Å². The maximum Gasteiger partial charge on any atom is 0.492 e. The molecule has 0 radical (unpaired) electrons. The van der Waals surface area contributed by atoms with E-state index in [0.717, 1.165) is 30.3 Å². The number of halogens is 14. The van der Waals surface area contributed by atoms with Crippen molar-refractivity contribution in [1.82, 2.24) is 0 Å². The van der Waals surface area contributed by atoms with Gasteiger partial charge in [-0.05, 0) is 194 Å². The minimum Gasteiger partial charge on any atom is -0.497 e. The molecule has 0 saturated heterocycles. The van der Waals surface area contributed by atoms with Gasteiger partial charge in [-0.3, -0.25) is 0 Å². The SMILES string of the molecule is COc1cc(-c2cc(F)cc(Cl)c2)c(F)cc1B(O)O.COc1cc(-c2cc(F)cc(Cl)c2)c(F)cc1I.COc1ccc(F)c(-c2cc(F)cc(Cl)c2)c1.COc1ccc(F)c(Br)c1.OB(O)c1cc(F)cc(Cl)c1. The molecular weight excluding hydrogens is 1270 g/mol. The van der Waals surface area contributed by atoms with Crippen LogP contribution in [0.1, 0.15) is 0 Å². The van der Waals surface area contributed by atoms with Crippen LogP contribution in [0.4, 0.5) is 35.1 Å². The Hall–Kier alpha value is -5.26. The summed E-state index contributed by atoms with van der Waals surface area (Å²) in [6, 6.07) is 28.7. The molecule has 0 heterocycles. The summed E-state index contributed by atoms with van der Waals surface area (Å²) in [5.41, 5.74) is 1.49. The summed E-state index contributed by atoms with van der Waals surface area (Å²) in [6.45, 7) is 0. The summed E-state index contributed by atoms with van der Waals surface area (Å²) in [5.74, 6) is -2.34. The first kappa shape index (κ1) is 63.3. The minimum absolute atomic E-state index is 0.0488. The lowest BCUT2D eigenvalue weighted by atomic mass is 9.78. The van der Waals surface area contributed by atoms with E-state index in [-0.39, 0.29) is 64.8 Å². The van der Waals surface area contributed by atoms with Crippen LogP contribution in [-0.4, -0.2) is 62.8 Å². The molecule has 0 atom stereocenters. The second-order valence-corrected chi connectivity index (χ2v) is 18.9. The second kappa shape index (κ2) is 30.0. The summed E-state index contributed by atoms with van der Waals surface area (Å²) in [6.07, 6.45) is 0. The van der Waals surface area contributed by atoms with E-state index in [1.54, 1.807) is 19.2 Å². The number of hydrogen-bond acceptors (Lipinski definition) is 8. The van der Waals surface area contributed by atoms with Gasteiger partial charge in [0.15, 0.2) is 0 Å². The molecule has 0 unspecified atom stereocenters. The van der Waals surface area contributed by atoms with Crippen molar-refractivity contribution in [2.24, 2.45) is 0 Å². The summed E-state index contributed by atoms with van der Waals surface area (Å²) in [7, 11) is 2.28. The first-order valence-electron chi connectivity index (χ1n) is 21.2. The Bertz CT molecular complexity index is 3200. The molecule has 0 aromatic heterocycles. The standard InChI is InChI=1S/C13H10BClF2O3.C13H8ClF2IO.C13H9ClF2O.C7H6BrFO.C6H5BClFO2/c1-20-13-5-10(12(17)6-11(13)14(18)19)7-2-8(15)4-9(16)3-7;1-18-13-5-10(11(16)6-12(13)17)7-2-8(14)4-9(15)3-7;1-17-11-2-3-13(16)12(7-11)8-4-9(14)6-10(15)5-8;1-10-5-2-3-7(9)6(8)4-5;8-5-1-4(7(10)11)2-6(9)3-5/h2-6,18-19H,1H3;2-6H,1H3;2-7H,1H3;2-4H,1H3;1-3,10-11H. The molecule has 0 saturated carbocycles. The Labute approximate surface area is 473 Å². The maximum absolute atomic E-state index is 14.0. The highest BCUT2D eigenvalue weighted by atomic mass is 127. The minimum atomic E-state index is -1.87. The van der Waals surface area contributed by atoms with Gasteiger partial charge >= 0.3 is 14.2 Å². The van der Waals surface area contributed by atoms with Crippen molar-refractivity contribution in [1.29, 1.82) is 0 Å². The third kappa shape index (κ3) is 19.0. The molecule has 0 aliphatic carbocycles. The van der Waals surface area contributed by atoms with E-state index in [1.165, 1.54) is 112 Å². The van der Waals surface area contributed by atoms with Gasteiger partial charge in [-0.15, -0.1) is 0 Å². The van der Waals surface area contributed by atoms with Gasteiger partial charge in [0.1, 0.15) is 69.5 Å². The van der Waals surface area contributed by atoms with E-state index in [2.05, 4.69) is 15.9 Å². The van der Waals surface area contributed by atoms with Crippen LogP contribution >= 0.6 is 84.9 Å². The first-order valence-corrected chi connectivity index (χ1v) is 24.6. The molecule has 0 spiro atoms. The van der Waals surface area contributed by atoms with Gasteiger partial charge in [0, 0.05) is 42.2 Å². The maximum atomic E-state index is 14.0. The Kier molecular flexibility index (Phi) is 25.0. The van der Waals surface area contributed by atoms with Gasteiger partial charge in [-0.2, -0.15) is 0 Å². The van der Waals surface area contributed by atoms with E-state index in [4.69, 9.17) is 85.4 Å². The van der Waals surface area contributed by atoms with Crippen molar-refractivity contribution in [3.8, 4) is 56.4 Å². The molecule has 76 heavy (non-hydrogen) atoms. The molecule has 0 aliphatic heterocycles. The van der Waals surface area contributed by atoms with Crippen molar-refractivity contribution in [3.63, 3.8) is 0 Å². The number of benzene rings is 8. The average molecular weight is 1310 g/mol. The molecular formula is C52H38B2BrCl4F8IO8. The molecule has 8 aromatic carbocycles. The van der Waals surface area contributed by atoms with Crippen LogP contribution < -0.4 is 29.9 Å². The summed E-state index contributed by atoms with van der Waals surface area (Å²) >= 11 is 27.7. The Morgan fingerprint density at radius 2 is 0.803 bits per heavy atom. The zero-order chi connectivity index (χ0) is 56.6. The zero-order valence-corrected chi connectivity index (χ0v) is 46.3. The fourth-order valence-electron chi connectivity index (χ4n) is 6.38. The molecule has 4 N–H and O–H groups in total. The van der Waals surface area contributed by atoms with Crippen LogP contribution in [0.5, 0.6) is 23.0 Å². The number of hydrogen-bond donors (Lipinski definition) is 4. The predicted octanol–water partition coefficient (Wildman–Crippen LogP) is 13.9. The monoisotopic (exact) mass is 1310 g/mol. The topological polar surface area (TPSA) is 118 Å². The normalized spacial score (nSPS) is 10.2. The molecule has 24 heteroatoms. The largest absolute Gasteiger partial charge is 0.497 e. The van der Waals surface area contributed by atoms with Crippen molar-refractivity contribution >= 4 is 110 Å². The summed E-state index contributed by atoms with van der Waals surface area (Å²) < 4.78 is 127. The third-order valence-corrected chi connectivity index (χ3v) is 12.2. The van der Waals surface area contributed by atoms with Crippen LogP contribution in [0.2, 0.25) is 20.1 Å². The van der Waals surface area contributed by atoms with Crippen molar-refractivity contribution < 1.29 is 74.2 Å². The fourth-order valence-corrected chi connectivity index (χ4v) is 8.29. The molecule has 0 fully saturated rings. The van der Waals surface area contributed by atoms with Crippen LogP contribution in [0.3, 0.4) is 0 Å².